The minimum absolute atomic E-state index is 0.0695. The van der Waals surface area contributed by atoms with Crippen LogP contribution in [0.2, 0.25) is 0 Å². The third-order valence-electron chi connectivity index (χ3n) is 8.16. The van der Waals surface area contributed by atoms with E-state index in [4.69, 9.17) is 22.1 Å². The zero-order chi connectivity index (χ0) is 47.6. The van der Waals surface area contributed by atoms with E-state index in [1.54, 1.807) is 30.3 Å². The molecular weight excluding hydrogens is 901 g/mol. The number of thiocarbonyl (C=S) groups is 1. The summed E-state index contributed by atoms with van der Waals surface area (Å²) < 4.78 is 4.81. The molecule has 4 amide bonds. The largest absolute Gasteiger partial charge is 0.481 e. The first-order valence-corrected chi connectivity index (χ1v) is 21.5. The van der Waals surface area contributed by atoms with E-state index in [9.17, 15) is 78.3 Å². The molecule has 0 saturated heterocycles. The summed E-state index contributed by atoms with van der Waals surface area (Å²) in [5.74, 6) is -13.4. The van der Waals surface area contributed by atoms with E-state index in [0.29, 0.717) is 11.3 Å². The minimum Gasteiger partial charge on any atom is -0.481 e. The number of benzene rings is 1. The molecule has 27 heteroatoms. The lowest BCUT2D eigenvalue weighted by Crippen LogP contribution is -2.57. The summed E-state index contributed by atoms with van der Waals surface area (Å²) in [5.41, 5.74) is 0.509. The molecule has 0 saturated carbocycles. The van der Waals surface area contributed by atoms with Crippen molar-refractivity contribution in [2.24, 2.45) is 0 Å². The van der Waals surface area contributed by atoms with E-state index >= 15 is 0 Å². The second-order valence-electron chi connectivity index (χ2n) is 13.2. The molecule has 348 valence electrons. The van der Waals surface area contributed by atoms with Crippen LogP contribution < -0.4 is 31.9 Å². The van der Waals surface area contributed by atoms with Crippen molar-refractivity contribution < 1.29 is 88.1 Å². The maximum atomic E-state index is 13.4. The van der Waals surface area contributed by atoms with Gasteiger partial charge in [-0.05, 0) is 37.0 Å². The quantitative estimate of drug-likeness (QED) is 0.0175. The Hall–Kier alpha value is -6.22. The summed E-state index contributed by atoms with van der Waals surface area (Å²) in [6, 6.07) is -1.47. The number of carboxylic acid groups (broad SMARTS) is 6. The first kappa shape index (κ1) is 54.8. The van der Waals surface area contributed by atoms with Gasteiger partial charge in [-0.25, -0.2) is 19.2 Å². The Labute approximate surface area is 371 Å². The molecule has 0 aromatic heterocycles. The summed E-state index contributed by atoms with van der Waals surface area (Å²) >= 11 is 4.93. The van der Waals surface area contributed by atoms with Gasteiger partial charge >= 0.3 is 41.8 Å². The average molecular weight is 949 g/mol. The van der Waals surface area contributed by atoms with Gasteiger partial charge in [-0.15, -0.1) is 0 Å². The number of carbonyl (C=O) groups is 11. The van der Waals surface area contributed by atoms with Gasteiger partial charge < -0.3 is 67.3 Å². The van der Waals surface area contributed by atoms with Gasteiger partial charge in [0.15, 0.2) is 5.11 Å². The maximum absolute atomic E-state index is 13.4. The first-order chi connectivity index (χ1) is 29.6. The molecule has 1 rings (SSSR count). The van der Waals surface area contributed by atoms with E-state index in [0.717, 1.165) is 10.8 Å². The predicted molar refractivity (Wildman–Crippen MR) is 224 cm³/mol. The number of amides is 4. The van der Waals surface area contributed by atoms with Crippen LogP contribution in [0.4, 0.5) is 0 Å². The van der Waals surface area contributed by atoms with Crippen molar-refractivity contribution >= 4 is 104 Å². The van der Waals surface area contributed by atoms with Gasteiger partial charge in [-0.3, -0.25) is 33.6 Å². The summed E-state index contributed by atoms with van der Waals surface area (Å²) in [5, 5.41) is 69.6. The molecule has 0 aliphatic carbocycles. The number of aliphatic carboxylic acids is 6. The lowest BCUT2D eigenvalue weighted by atomic mass is 10.0. The van der Waals surface area contributed by atoms with E-state index in [1.165, 1.54) is 17.7 Å². The van der Waals surface area contributed by atoms with Crippen molar-refractivity contribution in [3.05, 3.63) is 35.9 Å². The van der Waals surface area contributed by atoms with Gasteiger partial charge in [0.2, 0.25) is 23.6 Å². The van der Waals surface area contributed by atoms with Gasteiger partial charge in [0.25, 0.3) is 0 Å². The number of carbonyl (C=O) groups excluding carboxylic acids is 5. The molecule has 63 heavy (non-hydrogen) atoms. The number of nitrogens with one attached hydrogen (secondary N) is 6. The second kappa shape index (κ2) is 29.1. The maximum Gasteiger partial charge on any atom is 0.327 e. The Morgan fingerprint density at radius 3 is 1.51 bits per heavy atom. The highest BCUT2D eigenvalue weighted by Crippen LogP contribution is 2.22. The van der Waals surface area contributed by atoms with Crippen LogP contribution in [-0.4, -0.2) is 156 Å². The predicted octanol–water partition coefficient (Wildman–Crippen LogP) is -1.45. The minimum atomic E-state index is -1.83. The number of hydrogen-bond acceptors (Lipinski definition) is 15. The number of hydrogen-bond donors (Lipinski definition) is 12. The standard InChI is InChI=1S/C36H48N6O18S3/c1-18(43)60-13-14-62-63-17-25(35(58)59)40-30(50)23(15-19-5-3-2-4-6-19)39-31(51)24(16-29(48)49)38-27(45)10-7-20(32(52)53)37-26(44)11-8-21(33(54)55)41-36(61)42-22(34(56)57)9-12-28(46)47/h2-6,20-25H,7-17H2,1H3,(H,37,44)(H,38,45)(H,39,51)(H,40,50)(H,46,47)(H,48,49)(H,52,53)(H,54,55)(H,56,57)(H,58,59)(H2,41,42,61)/t20-,21-,22-,23-,24-,25-/m0/s1. The lowest BCUT2D eigenvalue weighted by molar-refractivity contribution is -0.143. The molecule has 6 atom stereocenters. The highest BCUT2D eigenvalue weighted by Gasteiger charge is 2.32. The van der Waals surface area contributed by atoms with Crippen molar-refractivity contribution in [3.63, 3.8) is 0 Å². The van der Waals surface area contributed by atoms with Crippen molar-refractivity contribution in [1.82, 2.24) is 31.9 Å². The van der Waals surface area contributed by atoms with Crippen LogP contribution in [0.25, 0.3) is 0 Å². The molecule has 0 bridgehead atoms. The number of carboxylic acids is 6. The smallest absolute Gasteiger partial charge is 0.327 e. The van der Waals surface area contributed by atoms with E-state index in [-0.39, 0.29) is 18.8 Å². The molecular formula is C36H48N6O18S3. The summed E-state index contributed by atoms with van der Waals surface area (Å²) in [6.45, 7) is 1.30. The normalized spacial score (nSPS) is 13.5. The SMILES string of the molecule is CC(=O)OCCSSC[C@H](NC(=O)[C@H](Cc1ccccc1)NC(=O)[C@H](CC(=O)O)NC(=O)CC[C@H](NC(=O)CC[C@H](NC(=S)N[C@@H](CCC(=O)O)C(=O)O)C(=O)O)C(=O)O)C(=O)O. The molecule has 1 aromatic rings. The molecule has 0 fully saturated rings. The van der Waals surface area contributed by atoms with E-state index in [2.05, 4.69) is 31.9 Å². The Morgan fingerprint density at radius 2 is 1.03 bits per heavy atom. The van der Waals surface area contributed by atoms with Gasteiger partial charge in [-0.1, -0.05) is 51.9 Å². The fourth-order valence-electron chi connectivity index (χ4n) is 5.04. The first-order valence-electron chi connectivity index (χ1n) is 18.6. The van der Waals surface area contributed by atoms with Crippen LogP contribution in [0.3, 0.4) is 0 Å². The number of rotatable bonds is 31. The van der Waals surface area contributed by atoms with Gasteiger partial charge in [0.05, 0.1) is 6.42 Å². The van der Waals surface area contributed by atoms with Crippen molar-refractivity contribution in [2.75, 3.05) is 18.1 Å². The zero-order valence-corrected chi connectivity index (χ0v) is 35.9. The Morgan fingerprint density at radius 1 is 0.571 bits per heavy atom. The Bertz CT molecular complexity index is 1820. The Kier molecular flexibility index (Phi) is 25.4. The zero-order valence-electron chi connectivity index (χ0n) is 33.4. The molecule has 1 aromatic carbocycles. The Balaban J connectivity index is 2.97. The molecule has 0 aliphatic heterocycles. The molecule has 0 heterocycles. The summed E-state index contributed by atoms with van der Waals surface area (Å²) in [7, 11) is 2.24. The number of esters is 1. The summed E-state index contributed by atoms with van der Waals surface area (Å²) in [6.07, 6.45) is -4.58. The molecule has 0 radical (unpaired) electrons. The summed E-state index contributed by atoms with van der Waals surface area (Å²) in [4.78, 5) is 133. The monoisotopic (exact) mass is 948 g/mol. The highest BCUT2D eigenvalue weighted by molar-refractivity contribution is 8.76. The van der Waals surface area contributed by atoms with Crippen LogP contribution in [0.1, 0.15) is 57.4 Å². The lowest BCUT2D eigenvalue weighted by Gasteiger charge is -2.24. The molecule has 0 spiro atoms. The fourth-order valence-corrected chi connectivity index (χ4v) is 7.31. The third-order valence-corrected chi connectivity index (χ3v) is 10.8. The van der Waals surface area contributed by atoms with Crippen LogP contribution in [-0.2, 0) is 63.9 Å². The second-order valence-corrected chi connectivity index (χ2v) is 16.2. The van der Waals surface area contributed by atoms with Crippen molar-refractivity contribution in [2.45, 2.75) is 94.5 Å². The van der Waals surface area contributed by atoms with Crippen LogP contribution >= 0.6 is 33.8 Å². The van der Waals surface area contributed by atoms with E-state index in [1.807, 2.05) is 0 Å². The van der Waals surface area contributed by atoms with Crippen molar-refractivity contribution in [3.8, 4) is 0 Å². The third kappa shape index (κ3) is 24.1. The fraction of sp³-hybridized carbons (Fsp3) is 0.500. The van der Waals surface area contributed by atoms with Crippen LogP contribution in [0.15, 0.2) is 30.3 Å². The molecule has 12 N–H and O–H groups in total. The van der Waals surface area contributed by atoms with Gasteiger partial charge in [0.1, 0.15) is 42.9 Å². The van der Waals surface area contributed by atoms with Gasteiger partial charge in [0, 0.05) is 44.1 Å². The van der Waals surface area contributed by atoms with E-state index < -0.39 is 152 Å². The molecule has 24 nitrogen and oxygen atoms in total. The topological polar surface area (TPSA) is 391 Å². The highest BCUT2D eigenvalue weighted by atomic mass is 33.1. The average Bonchev–Trinajstić information content (AvgIpc) is 3.19. The van der Waals surface area contributed by atoms with Crippen molar-refractivity contribution in [1.29, 1.82) is 0 Å². The molecule has 0 aliphatic rings. The molecule has 0 unspecified atom stereocenters. The van der Waals surface area contributed by atoms with Gasteiger partial charge in [-0.2, -0.15) is 0 Å². The van der Waals surface area contributed by atoms with Crippen LogP contribution in [0, 0.1) is 0 Å². The number of ether oxygens (including phenoxy) is 1. The van der Waals surface area contributed by atoms with Crippen LogP contribution in [0.5, 0.6) is 0 Å².